The summed E-state index contributed by atoms with van der Waals surface area (Å²) in [5, 5.41) is 10.8. The number of benzene rings is 2. The summed E-state index contributed by atoms with van der Waals surface area (Å²) in [6.45, 7) is 12.7. The number of para-hydroxylation sites is 2. The third-order valence-corrected chi connectivity index (χ3v) is 4.84. The fourth-order valence-electron chi connectivity index (χ4n) is 3.26. The van der Waals surface area contributed by atoms with E-state index in [1.54, 1.807) is 0 Å². The largest absolute Gasteiger partial charge is 0.507 e. The number of aromatic hydroxyl groups is 1. The van der Waals surface area contributed by atoms with Crippen LogP contribution in [0.3, 0.4) is 0 Å². The Kier molecular flexibility index (Phi) is 4.62. The lowest BCUT2D eigenvalue weighted by molar-refractivity contribution is 0.423. The molecule has 0 aliphatic rings. The van der Waals surface area contributed by atoms with E-state index in [4.69, 9.17) is 0 Å². The number of imidazole rings is 1. The van der Waals surface area contributed by atoms with Gasteiger partial charge in [0.25, 0.3) is 0 Å². The highest BCUT2D eigenvalue weighted by molar-refractivity contribution is 5.85. The van der Waals surface area contributed by atoms with E-state index >= 15 is 0 Å². The first kappa shape index (κ1) is 19.2. The molecule has 2 aromatic carbocycles. The third-order valence-electron chi connectivity index (χ3n) is 4.84. The highest BCUT2D eigenvalue weighted by Crippen LogP contribution is 2.39. The Morgan fingerprint density at radius 1 is 0.963 bits per heavy atom. The fourth-order valence-corrected chi connectivity index (χ4v) is 3.26. The first-order chi connectivity index (χ1) is 12.5. The smallest absolute Gasteiger partial charge is 0.230 e. The van der Waals surface area contributed by atoms with Crippen LogP contribution in [-0.4, -0.2) is 20.9 Å². The Hall–Kier alpha value is -2.62. The van der Waals surface area contributed by atoms with Gasteiger partial charge in [0.05, 0.1) is 11.0 Å². The van der Waals surface area contributed by atoms with Gasteiger partial charge in [-0.05, 0) is 40.7 Å². The molecule has 0 saturated carbocycles. The van der Waals surface area contributed by atoms with Crippen LogP contribution in [0.2, 0.25) is 0 Å². The number of fused-ring (bicyclic) bond motifs is 1. The molecule has 0 aliphatic carbocycles. The summed E-state index contributed by atoms with van der Waals surface area (Å²) in [5.41, 5.74) is 4.50. The summed E-state index contributed by atoms with van der Waals surface area (Å²) in [5.74, 6) is 1.05. The van der Waals surface area contributed by atoms with Crippen LogP contribution < -0.4 is 0 Å². The Morgan fingerprint density at radius 3 is 2.04 bits per heavy atom. The maximum absolute atomic E-state index is 10.8. The van der Waals surface area contributed by atoms with E-state index in [2.05, 4.69) is 51.5 Å². The molecular formula is C23H29N3O. The topological polar surface area (TPSA) is 50.4 Å². The summed E-state index contributed by atoms with van der Waals surface area (Å²) in [4.78, 5) is 9.24. The molecule has 4 heteroatoms. The monoisotopic (exact) mass is 363 g/mol. The molecule has 0 bridgehead atoms. The molecule has 1 heterocycles. The van der Waals surface area contributed by atoms with Gasteiger partial charge >= 0.3 is 0 Å². The molecular weight excluding hydrogens is 334 g/mol. The number of hydrogen-bond acceptors (Lipinski definition) is 3. The number of aromatic nitrogens is 2. The van der Waals surface area contributed by atoms with Crippen molar-refractivity contribution in [1.29, 1.82) is 0 Å². The maximum Gasteiger partial charge on any atom is 0.230 e. The van der Waals surface area contributed by atoms with E-state index in [9.17, 15) is 5.11 Å². The van der Waals surface area contributed by atoms with Gasteiger partial charge in [-0.15, -0.1) is 0 Å². The van der Waals surface area contributed by atoms with Crippen LogP contribution in [0.1, 0.15) is 58.2 Å². The molecule has 1 aromatic heterocycles. The van der Waals surface area contributed by atoms with E-state index in [1.165, 1.54) is 0 Å². The molecule has 0 spiro atoms. The zero-order valence-electron chi connectivity index (χ0n) is 17.3. The number of aryl methyl sites for hydroxylation is 1. The lowest BCUT2D eigenvalue weighted by Crippen LogP contribution is -2.17. The normalized spacial score (nSPS) is 13.0. The molecule has 4 nitrogen and oxygen atoms in total. The maximum atomic E-state index is 10.8. The lowest BCUT2D eigenvalue weighted by atomic mass is 9.78. The second-order valence-electron chi connectivity index (χ2n) is 9.18. The minimum absolute atomic E-state index is 0.161. The zero-order valence-corrected chi connectivity index (χ0v) is 17.3. The summed E-state index contributed by atoms with van der Waals surface area (Å²) >= 11 is 0. The number of aliphatic imine (C=N–C) groups is 1. The summed E-state index contributed by atoms with van der Waals surface area (Å²) < 4.78 is 1.99. The molecule has 3 aromatic rings. The predicted molar refractivity (Wildman–Crippen MR) is 113 cm³/mol. The molecule has 0 saturated heterocycles. The van der Waals surface area contributed by atoms with Crippen molar-refractivity contribution in [2.75, 3.05) is 0 Å². The molecule has 27 heavy (non-hydrogen) atoms. The second-order valence-corrected chi connectivity index (χ2v) is 9.18. The predicted octanol–water partition coefficient (Wildman–Crippen LogP) is 5.62. The SMILES string of the molecule is Cn1c(N=Cc2cc(C(C)(C)C)c(O)c(C(C)(C)C)c2)nc2ccccc21. The summed E-state index contributed by atoms with van der Waals surface area (Å²) in [6.07, 6.45) is 1.84. The van der Waals surface area contributed by atoms with Crippen LogP contribution in [0.4, 0.5) is 5.95 Å². The molecule has 0 amide bonds. The van der Waals surface area contributed by atoms with Crippen LogP contribution in [0.5, 0.6) is 5.75 Å². The highest BCUT2D eigenvalue weighted by Gasteiger charge is 2.26. The van der Waals surface area contributed by atoms with Crippen LogP contribution >= 0.6 is 0 Å². The molecule has 0 radical (unpaired) electrons. The van der Waals surface area contributed by atoms with Gasteiger partial charge in [-0.3, -0.25) is 0 Å². The van der Waals surface area contributed by atoms with E-state index in [-0.39, 0.29) is 10.8 Å². The standard InChI is InChI=1S/C23H29N3O/c1-22(2,3)16-12-15(13-17(20(16)27)23(4,5)6)14-24-21-25-18-10-8-9-11-19(18)26(21)7/h8-14,27H,1-7H3. The molecule has 1 N–H and O–H groups in total. The Morgan fingerprint density at radius 2 is 1.52 bits per heavy atom. The van der Waals surface area contributed by atoms with E-state index in [0.29, 0.717) is 11.7 Å². The third kappa shape index (κ3) is 3.75. The van der Waals surface area contributed by atoms with Gasteiger partial charge in [0.15, 0.2) is 0 Å². The van der Waals surface area contributed by atoms with Crippen molar-refractivity contribution in [2.24, 2.45) is 12.0 Å². The molecule has 0 atom stereocenters. The number of phenols is 1. The van der Waals surface area contributed by atoms with Gasteiger partial charge in [0.2, 0.25) is 5.95 Å². The fraction of sp³-hybridized carbons (Fsp3) is 0.391. The quantitative estimate of drug-likeness (QED) is 0.600. The van der Waals surface area contributed by atoms with Gasteiger partial charge in [0.1, 0.15) is 5.75 Å². The van der Waals surface area contributed by atoms with Crippen molar-refractivity contribution >= 4 is 23.2 Å². The first-order valence-electron chi connectivity index (χ1n) is 9.32. The van der Waals surface area contributed by atoms with Gasteiger partial charge in [0, 0.05) is 24.4 Å². The van der Waals surface area contributed by atoms with Gasteiger partial charge in [-0.2, -0.15) is 0 Å². The lowest BCUT2D eigenvalue weighted by Gasteiger charge is -2.27. The number of nitrogens with zero attached hydrogens (tertiary/aromatic N) is 3. The van der Waals surface area contributed by atoms with E-state index in [1.807, 2.05) is 54.2 Å². The van der Waals surface area contributed by atoms with Crippen LogP contribution in [-0.2, 0) is 17.9 Å². The minimum atomic E-state index is -0.161. The van der Waals surface area contributed by atoms with Crippen molar-refractivity contribution < 1.29 is 5.11 Å². The molecule has 0 unspecified atom stereocenters. The molecule has 142 valence electrons. The van der Waals surface area contributed by atoms with Crippen LogP contribution in [0, 0.1) is 0 Å². The average molecular weight is 364 g/mol. The zero-order chi connectivity index (χ0) is 20.0. The van der Waals surface area contributed by atoms with Gasteiger partial charge in [-0.1, -0.05) is 53.7 Å². The van der Waals surface area contributed by atoms with Crippen molar-refractivity contribution in [2.45, 2.75) is 52.4 Å². The van der Waals surface area contributed by atoms with Crippen molar-refractivity contribution in [3.8, 4) is 5.75 Å². The Balaban J connectivity index is 2.10. The first-order valence-corrected chi connectivity index (χ1v) is 9.32. The Bertz CT molecular complexity index is 979. The molecule has 3 rings (SSSR count). The van der Waals surface area contributed by atoms with Crippen molar-refractivity contribution in [3.63, 3.8) is 0 Å². The van der Waals surface area contributed by atoms with Crippen LogP contribution in [0.15, 0.2) is 41.4 Å². The molecule has 0 fully saturated rings. The molecule has 0 aliphatic heterocycles. The van der Waals surface area contributed by atoms with E-state index < -0.39 is 0 Å². The number of phenolic OH excluding ortho intramolecular Hbond substituents is 1. The summed E-state index contributed by atoms with van der Waals surface area (Å²) in [7, 11) is 1.97. The second kappa shape index (κ2) is 6.52. The van der Waals surface area contributed by atoms with E-state index in [0.717, 1.165) is 27.7 Å². The van der Waals surface area contributed by atoms with Crippen LogP contribution in [0.25, 0.3) is 11.0 Å². The van der Waals surface area contributed by atoms with Gasteiger partial charge in [-0.25, -0.2) is 9.98 Å². The van der Waals surface area contributed by atoms with Gasteiger partial charge < -0.3 is 9.67 Å². The minimum Gasteiger partial charge on any atom is -0.507 e. The van der Waals surface area contributed by atoms with Crippen molar-refractivity contribution in [1.82, 2.24) is 9.55 Å². The summed E-state index contributed by atoms with van der Waals surface area (Å²) in [6, 6.07) is 12.1. The number of rotatable bonds is 2. The average Bonchev–Trinajstić information content (AvgIpc) is 2.88. The number of hydrogen-bond donors (Lipinski definition) is 1. The highest BCUT2D eigenvalue weighted by atomic mass is 16.3. The van der Waals surface area contributed by atoms with Crippen molar-refractivity contribution in [3.05, 3.63) is 53.1 Å². The Labute approximate surface area is 161 Å².